The standard InChI is InChI=1S/C14H27N3O/c1-3-6-14(2)13(18)16-9-10-17(14)11-12-4-7-15-8-5-12/h12,15H,3-11H2,1-2H3,(H,16,18). The van der Waals surface area contributed by atoms with Crippen LogP contribution in [0.4, 0.5) is 0 Å². The second kappa shape index (κ2) is 6.02. The van der Waals surface area contributed by atoms with Crippen molar-refractivity contribution in [1.29, 1.82) is 0 Å². The van der Waals surface area contributed by atoms with Crippen molar-refractivity contribution in [3.8, 4) is 0 Å². The second-order valence-corrected chi connectivity index (χ2v) is 5.92. The van der Waals surface area contributed by atoms with E-state index < -0.39 is 0 Å². The molecule has 2 fully saturated rings. The van der Waals surface area contributed by atoms with E-state index in [-0.39, 0.29) is 11.4 Å². The van der Waals surface area contributed by atoms with E-state index in [1.807, 2.05) is 0 Å². The summed E-state index contributed by atoms with van der Waals surface area (Å²) in [6, 6.07) is 0. The van der Waals surface area contributed by atoms with Crippen molar-refractivity contribution in [2.24, 2.45) is 5.92 Å². The van der Waals surface area contributed by atoms with E-state index in [0.717, 1.165) is 51.5 Å². The van der Waals surface area contributed by atoms with Gasteiger partial charge in [0, 0.05) is 19.6 Å². The summed E-state index contributed by atoms with van der Waals surface area (Å²) in [6.45, 7) is 9.45. The molecule has 0 aromatic heterocycles. The average molecular weight is 253 g/mol. The fraction of sp³-hybridized carbons (Fsp3) is 0.929. The molecule has 0 radical (unpaired) electrons. The van der Waals surface area contributed by atoms with Crippen molar-refractivity contribution >= 4 is 5.91 Å². The lowest BCUT2D eigenvalue weighted by molar-refractivity contribution is -0.137. The molecule has 4 nitrogen and oxygen atoms in total. The van der Waals surface area contributed by atoms with Gasteiger partial charge < -0.3 is 10.6 Å². The van der Waals surface area contributed by atoms with E-state index >= 15 is 0 Å². The van der Waals surface area contributed by atoms with Crippen molar-refractivity contribution < 1.29 is 4.79 Å². The Morgan fingerprint density at radius 3 is 2.72 bits per heavy atom. The third-order valence-electron chi connectivity index (χ3n) is 4.53. The molecule has 2 heterocycles. The van der Waals surface area contributed by atoms with Crippen LogP contribution >= 0.6 is 0 Å². The first-order valence-electron chi connectivity index (χ1n) is 7.41. The molecule has 2 saturated heterocycles. The molecular formula is C14H27N3O. The molecule has 2 N–H and O–H groups in total. The molecule has 4 heteroatoms. The lowest BCUT2D eigenvalue weighted by Crippen LogP contribution is -2.64. The molecule has 0 aromatic rings. The maximum absolute atomic E-state index is 12.2. The van der Waals surface area contributed by atoms with Crippen LogP contribution in [0.5, 0.6) is 0 Å². The molecule has 1 amide bonds. The molecule has 0 saturated carbocycles. The van der Waals surface area contributed by atoms with Gasteiger partial charge in [0.25, 0.3) is 0 Å². The number of rotatable bonds is 4. The smallest absolute Gasteiger partial charge is 0.240 e. The van der Waals surface area contributed by atoms with Crippen LogP contribution in [0.1, 0.15) is 39.5 Å². The number of hydrogen-bond donors (Lipinski definition) is 2. The Hall–Kier alpha value is -0.610. The van der Waals surface area contributed by atoms with Gasteiger partial charge in [0.15, 0.2) is 0 Å². The largest absolute Gasteiger partial charge is 0.353 e. The Balaban J connectivity index is 2.00. The van der Waals surface area contributed by atoms with Gasteiger partial charge in [-0.15, -0.1) is 0 Å². The Labute approximate surface area is 110 Å². The molecule has 2 aliphatic rings. The van der Waals surface area contributed by atoms with Crippen molar-refractivity contribution in [2.75, 3.05) is 32.7 Å². The molecule has 104 valence electrons. The minimum atomic E-state index is -0.280. The predicted molar refractivity (Wildman–Crippen MR) is 73.5 cm³/mol. The molecule has 2 rings (SSSR count). The van der Waals surface area contributed by atoms with Gasteiger partial charge in [0.05, 0.1) is 5.54 Å². The van der Waals surface area contributed by atoms with Gasteiger partial charge >= 0.3 is 0 Å². The van der Waals surface area contributed by atoms with Crippen LogP contribution < -0.4 is 10.6 Å². The van der Waals surface area contributed by atoms with Gasteiger partial charge in [-0.2, -0.15) is 0 Å². The summed E-state index contributed by atoms with van der Waals surface area (Å²) in [4.78, 5) is 14.6. The van der Waals surface area contributed by atoms with Gasteiger partial charge in [-0.25, -0.2) is 0 Å². The molecule has 18 heavy (non-hydrogen) atoms. The summed E-state index contributed by atoms with van der Waals surface area (Å²) in [5.41, 5.74) is -0.280. The number of piperazine rings is 1. The maximum atomic E-state index is 12.2. The lowest BCUT2D eigenvalue weighted by Gasteiger charge is -2.45. The van der Waals surface area contributed by atoms with Gasteiger partial charge in [-0.3, -0.25) is 9.69 Å². The van der Waals surface area contributed by atoms with E-state index in [0.29, 0.717) is 0 Å². The molecular weight excluding hydrogens is 226 g/mol. The van der Waals surface area contributed by atoms with Gasteiger partial charge in [0.2, 0.25) is 5.91 Å². The van der Waals surface area contributed by atoms with Crippen LogP contribution in [0.2, 0.25) is 0 Å². The van der Waals surface area contributed by atoms with Crippen LogP contribution in [-0.2, 0) is 4.79 Å². The van der Waals surface area contributed by atoms with Crippen LogP contribution in [0.15, 0.2) is 0 Å². The summed E-state index contributed by atoms with van der Waals surface area (Å²) < 4.78 is 0. The Bertz CT molecular complexity index is 289. The Kier molecular flexibility index (Phi) is 4.62. The van der Waals surface area contributed by atoms with Crippen LogP contribution in [0.3, 0.4) is 0 Å². The average Bonchev–Trinajstić information content (AvgIpc) is 2.37. The van der Waals surface area contributed by atoms with Crippen LogP contribution in [0.25, 0.3) is 0 Å². The zero-order chi connectivity index (χ0) is 13.0. The highest BCUT2D eigenvalue weighted by molar-refractivity contribution is 5.86. The second-order valence-electron chi connectivity index (χ2n) is 5.92. The summed E-state index contributed by atoms with van der Waals surface area (Å²) in [5.74, 6) is 0.984. The number of piperidine rings is 1. The molecule has 0 spiro atoms. The summed E-state index contributed by atoms with van der Waals surface area (Å²) >= 11 is 0. The number of carbonyl (C=O) groups excluding carboxylic acids is 1. The number of hydrogen-bond acceptors (Lipinski definition) is 3. The first kappa shape index (κ1) is 13.8. The van der Waals surface area contributed by atoms with E-state index in [1.165, 1.54) is 12.8 Å². The van der Waals surface area contributed by atoms with E-state index in [9.17, 15) is 4.79 Å². The van der Waals surface area contributed by atoms with Gasteiger partial charge in [-0.05, 0) is 45.2 Å². The van der Waals surface area contributed by atoms with Crippen LogP contribution in [-0.4, -0.2) is 49.1 Å². The van der Waals surface area contributed by atoms with Crippen molar-refractivity contribution in [2.45, 2.75) is 45.1 Å². The Morgan fingerprint density at radius 2 is 2.06 bits per heavy atom. The summed E-state index contributed by atoms with van der Waals surface area (Å²) in [6.07, 6.45) is 4.52. The maximum Gasteiger partial charge on any atom is 0.240 e. The van der Waals surface area contributed by atoms with E-state index in [4.69, 9.17) is 0 Å². The number of nitrogens with zero attached hydrogens (tertiary/aromatic N) is 1. The fourth-order valence-corrected chi connectivity index (χ4v) is 3.31. The topological polar surface area (TPSA) is 44.4 Å². The first-order chi connectivity index (χ1) is 8.66. The number of nitrogens with one attached hydrogen (secondary N) is 2. The minimum absolute atomic E-state index is 0.226. The third-order valence-corrected chi connectivity index (χ3v) is 4.53. The molecule has 2 aliphatic heterocycles. The molecule has 1 atom stereocenters. The zero-order valence-corrected chi connectivity index (χ0v) is 11.8. The molecule has 0 aromatic carbocycles. The number of carbonyl (C=O) groups is 1. The van der Waals surface area contributed by atoms with Crippen molar-refractivity contribution in [1.82, 2.24) is 15.5 Å². The van der Waals surface area contributed by atoms with Gasteiger partial charge in [-0.1, -0.05) is 13.3 Å². The third kappa shape index (κ3) is 2.86. The highest BCUT2D eigenvalue weighted by Gasteiger charge is 2.41. The predicted octanol–water partition coefficient (Wildman–Crippen LogP) is 0.977. The first-order valence-corrected chi connectivity index (χ1v) is 7.41. The van der Waals surface area contributed by atoms with Crippen molar-refractivity contribution in [3.63, 3.8) is 0 Å². The highest BCUT2D eigenvalue weighted by atomic mass is 16.2. The monoisotopic (exact) mass is 253 g/mol. The quantitative estimate of drug-likeness (QED) is 0.785. The van der Waals surface area contributed by atoms with Crippen molar-refractivity contribution in [3.05, 3.63) is 0 Å². The SMILES string of the molecule is CCCC1(C)C(=O)NCCN1CC1CCNCC1. The van der Waals surface area contributed by atoms with Crippen LogP contribution in [0, 0.1) is 5.92 Å². The zero-order valence-electron chi connectivity index (χ0n) is 11.8. The normalized spacial score (nSPS) is 31.3. The number of amides is 1. The van der Waals surface area contributed by atoms with E-state index in [2.05, 4.69) is 29.4 Å². The highest BCUT2D eigenvalue weighted by Crippen LogP contribution is 2.26. The molecule has 1 unspecified atom stereocenters. The lowest BCUT2D eigenvalue weighted by atomic mass is 9.88. The minimum Gasteiger partial charge on any atom is -0.353 e. The summed E-state index contributed by atoms with van der Waals surface area (Å²) in [5, 5.41) is 6.44. The molecule has 0 aliphatic carbocycles. The molecule has 0 bridgehead atoms. The fourth-order valence-electron chi connectivity index (χ4n) is 3.31. The van der Waals surface area contributed by atoms with Gasteiger partial charge in [0.1, 0.15) is 0 Å². The Morgan fingerprint density at radius 1 is 1.33 bits per heavy atom. The summed E-state index contributed by atoms with van der Waals surface area (Å²) in [7, 11) is 0. The van der Waals surface area contributed by atoms with E-state index in [1.54, 1.807) is 0 Å².